The zero-order valence-corrected chi connectivity index (χ0v) is 46.9. The molecule has 6 heteroatoms. The van der Waals surface area contributed by atoms with Crippen LogP contribution in [0.2, 0.25) is 0 Å². The lowest BCUT2D eigenvalue weighted by Crippen LogP contribution is -2.30. The fourth-order valence-electron chi connectivity index (χ4n) is 8.07. The molecule has 0 heterocycles. The van der Waals surface area contributed by atoms with Crippen molar-refractivity contribution in [3.8, 4) is 0 Å². The Balaban J connectivity index is 4.47. The highest BCUT2D eigenvalue weighted by Crippen LogP contribution is 2.15. The Bertz CT molecular complexity index is 1470. The second-order valence-corrected chi connectivity index (χ2v) is 19.5. The quantitative estimate of drug-likeness (QED) is 0.0261. The molecule has 0 N–H and O–H groups in total. The van der Waals surface area contributed by atoms with Gasteiger partial charge in [-0.1, -0.05) is 239 Å². The molecule has 410 valence electrons. The first-order valence-corrected chi connectivity index (χ1v) is 29.9. The Labute approximate surface area is 444 Å². The summed E-state index contributed by atoms with van der Waals surface area (Å²) in [5, 5.41) is 0. The smallest absolute Gasteiger partial charge is 0.306 e. The fourth-order valence-corrected chi connectivity index (χ4v) is 8.07. The molecule has 0 aliphatic rings. The second-order valence-electron chi connectivity index (χ2n) is 19.5. The monoisotopic (exact) mass is 999 g/mol. The van der Waals surface area contributed by atoms with E-state index in [0.717, 1.165) is 135 Å². The average molecular weight is 1000 g/mol. The highest BCUT2D eigenvalue weighted by atomic mass is 16.6. The van der Waals surface area contributed by atoms with Gasteiger partial charge in [0.2, 0.25) is 0 Å². The van der Waals surface area contributed by atoms with Crippen molar-refractivity contribution in [3.63, 3.8) is 0 Å². The van der Waals surface area contributed by atoms with Gasteiger partial charge in [-0.3, -0.25) is 14.4 Å². The molecule has 0 spiro atoms. The van der Waals surface area contributed by atoms with E-state index in [1.165, 1.54) is 96.3 Å². The summed E-state index contributed by atoms with van der Waals surface area (Å²) in [4.78, 5) is 38.3. The average Bonchev–Trinajstić information content (AvgIpc) is 3.38. The van der Waals surface area contributed by atoms with Gasteiger partial charge in [0, 0.05) is 19.3 Å². The Morgan fingerprint density at radius 3 is 0.861 bits per heavy atom. The van der Waals surface area contributed by atoms with Crippen molar-refractivity contribution >= 4 is 17.9 Å². The van der Waals surface area contributed by atoms with Crippen LogP contribution in [0.1, 0.15) is 271 Å². The molecule has 6 nitrogen and oxygen atoms in total. The molecule has 1 unspecified atom stereocenters. The van der Waals surface area contributed by atoms with E-state index >= 15 is 0 Å². The predicted octanol–water partition coefficient (Wildman–Crippen LogP) is 20.3. The maximum Gasteiger partial charge on any atom is 0.306 e. The molecule has 0 amide bonds. The minimum atomic E-state index is -0.800. The molecule has 0 fully saturated rings. The summed E-state index contributed by atoms with van der Waals surface area (Å²) in [6.45, 7) is 6.39. The van der Waals surface area contributed by atoms with E-state index in [9.17, 15) is 14.4 Å². The third-order valence-corrected chi connectivity index (χ3v) is 12.5. The lowest BCUT2D eigenvalue weighted by Gasteiger charge is -2.18. The van der Waals surface area contributed by atoms with E-state index in [4.69, 9.17) is 14.2 Å². The van der Waals surface area contributed by atoms with Gasteiger partial charge >= 0.3 is 17.9 Å². The molecule has 0 aromatic carbocycles. The molecule has 0 aromatic rings. The van der Waals surface area contributed by atoms with Crippen molar-refractivity contribution in [2.24, 2.45) is 0 Å². The van der Waals surface area contributed by atoms with Crippen molar-refractivity contribution in [2.45, 2.75) is 277 Å². The van der Waals surface area contributed by atoms with Crippen LogP contribution in [-0.4, -0.2) is 37.2 Å². The van der Waals surface area contributed by atoms with Crippen molar-refractivity contribution < 1.29 is 28.6 Å². The van der Waals surface area contributed by atoms with Gasteiger partial charge in [0.1, 0.15) is 13.2 Å². The highest BCUT2D eigenvalue weighted by Gasteiger charge is 2.19. The van der Waals surface area contributed by atoms with Crippen LogP contribution in [0.15, 0.2) is 109 Å². The first-order chi connectivity index (χ1) is 35.5. The van der Waals surface area contributed by atoms with Crippen LogP contribution < -0.4 is 0 Å². The fraction of sp³-hybridized carbons (Fsp3) is 0.682. The molecule has 0 aliphatic carbocycles. The molecular formula is C66H110O6. The van der Waals surface area contributed by atoms with Gasteiger partial charge in [-0.15, -0.1) is 0 Å². The number of carbonyl (C=O) groups excluding carboxylic acids is 3. The van der Waals surface area contributed by atoms with Gasteiger partial charge in [0.05, 0.1) is 0 Å². The topological polar surface area (TPSA) is 78.9 Å². The van der Waals surface area contributed by atoms with E-state index in [1.54, 1.807) is 0 Å². The Morgan fingerprint density at radius 1 is 0.292 bits per heavy atom. The predicted molar refractivity (Wildman–Crippen MR) is 311 cm³/mol. The molecule has 1 atom stereocenters. The molecule has 0 aromatic heterocycles. The highest BCUT2D eigenvalue weighted by molar-refractivity contribution is 5.71. The zero-order chi connectivity index (χ0) is 52.2. The van der Waals surface area contributed by atoms with Crippen LogP contribution in [0.3, 0.4) is 0 Å². The number of ether oxygens (including phenoxy) is 3. The summed E-state index contributed by atoms with van der Waals surface area (Å²) in [6.07, 6.45) is 80.8. The van der Waals surface area contributed by atoms with E-state index in [2.05, 4.69) is 130 Å². The molecule has 0 rings (SSSR count). The Hall–Kier alpha value is -3.93. The number of esters is 3. The lowest BCUT2D eigenvalue weighted by atomic mass is 10.1. The summed E-state index contributed by atoms with van der Waals surface area (Å²) in [5.41, 5.74) is 0. The van der Waals surface area contributed by atoms with Gasteiger partial charge in [-0.05, 0) is 122 Å². The van der Waals surface area contributed by atoms with E-state index in [-0.39, 0.29) is 31.1 Å². The molecule has 0 aliphatic heterocycles. The third kappa shape index (κ3) is 57.0. The number of allylic oxidation sites excluding steroid dienone is 18. The number of hydrogen-bond donors (Lipinski definition) is 0. The SMILES string of the molecule is CC/C=C\C/C=C\C/C=C\C/C=C\CCCCCCCCC(=O)OCC(COC(=O)CCCCCC/C=C\C/C=C\C/C=C\C/C=C\CC)OC(=O)CCCCCCCCC/C=C\CCCCCCCCC. The van der Waals surface area contributed by atoms with Crippen LogP contribution in [0.4, 0.5) is 0 Å². The van der Waals surface area contributed by atoms with Gasteiger partial charge in [0.25, 0.3) is 0 Å². The Morgan fingerprint density at radius 2 is 0.542 bits per heavy atom. The molecule has 0 saturated heterocycles. The summed E-state index contributed by atoms with van der Waals surface area (Å²) in [5.74, 6) is -0.934. The number of hydrogen-bond acceptors (Lipinski definition) is 6. The molecular weight excluding hydrogens is 889 g/mol. The minimum Gasteiger partial charge on any atom is -0.462 e. The Kier molecular flexibility index (Phi) is 56.4. The lowest BCUT2D eigenvalue weighted by molar-refractivity contribution is -0.167. The normalized spacial score (nSPS) is 12.9. The summed E-state index contributed by atoms with van der Waals surface area (Å²) >= 11 is 0. The van der Waals surface area contributed by atoms with Crippen molar-refractivity contribution in [1.82, 2.24) is 0 Å². The zero-order valence-electron chi connectivity index (χ0n) is 46.9. The number of rotatable bonds is 53. The summed E-state index contributed by atoms with van der Waals surface area (Å²) < 4.78 is 16.9. The van der Waals surface area contributed by atoms with Crippen LogP contribution in [0.5, 0.6) is 0 Å². The summed E-state index contributed by atoms with van der Waals surface area (Å²) in [6, 6.07) is 0. The van der Waals surface area contributed by atoms with E-state index < -0.39 is 6.10 Å². The van der Waals surface area contributed by atoms with Gasteiger partial charge in [0.15, 0.2) is 6.10 Å². The molecule has 0 bridgehead atoms. The van der Waals surface area contributed by atoms with Crippen molar-refractivity contribution in [2.75, 3.05) is 13.2 Å². The van der Waals surface area contributed by atoms with Gasteiger partial charge < -0.3 is 14.2 Å². The standard InChI is InChI=1S/C66H110O6/c1-4-7-10-13-16-19-22-25-28-31-33-36-38-41-44-47-50-53-56-59-65(68)71-62-63(61-70-64(67)58-55-52-49-46-43-40-37-34-30-27-24-21-18-15-12-9-6-3)72-66(69)60-57-54-51-48-45-42-39-35-32-29-26-23-20-17-14-11-8-5-2/h7,9-10,12,16,18-19,21,25,27-30,32-33,36-37,40,63H,4-6,8,11,13-15,17,20,22-24,26,31,34-35,38-39,41-62H2,1-3H3/b10-7-,12-9-,19-16-,21-18-,28-25-,30-27-,32-29-,36-33-,40-37-. The van der Waals surface area contributed by atoms with Crippen LogP contribution in [0, 0.1) is 0 Å². The number of unbranched alkanes of at least 4 members (excludes halogenated alkanes) is 24. The van der Waals surface area contributed by atoms with Crippen LogP contribution in [0.25, 0.3) is 0 Å². The largest absolute Gasteiger partial charge is 0.462 e. The third-order valence-electron chi connectivity index (χ3n) is 12.5. The number of carbonyl (C=O) groups is 3. The van der Waals surface area contributed by atoms with Crippen molar-refractivity contribution in [3.05, 3.63) is 109 Å². The van der Waals surface area contributed by atoms with E-state index in [1.807, 2.05) is 0 Å². The second kappa shape index (κ2) is 59.6. The molecule has 72 heavy (non-hydrogen) atoms. The van der Waals surface area contributed by atoms with Crippen LogP contribution >= 0.6 is 0 Å². The maximum atomic E-state index is 12.9. The first kappa shape index (κ1) is 68.1. The molecule has 0 radical (unpaired) electrons. The van der Waals surface area contributed by atoms with Crippen molar-refractivity contribution in [1.29, 1.82) is 0 Å². The van der Waals surface area contributed by atoms with Gasteiger partial charge in [-0.2, -0.15) is 0 Å². The van der Waals surface area contributed by atoms with Crippen LogP contribution in [-0.2, 0) is 28.6 Å². The maximum absolute atomic E-state index is 12.9. The first-order valence-electron chi connectivity index (χ1n) is 29.9. The van der Waals surface area contributed by atoms with E-state index in [0.29, 0.717) is 19.3 Å². The molecule has 0 saturated carbocycles. The van der Waals surface area contributed by atoms with Gasteiger partial charge in [-0.25, -0.2) is 0 Å². The minimum absolute atomic E-state index is 0.0965. The summed E-state index contributed by atoms with van der Waals surface area (Å²) in [7, 11) is 0.